The predicted molar refractivity (Wildman–Crippen MR) is 53.1 cm³/mol. The summed E-state index contributed by atoms with van der Waals surface area (Å²) in [5, 5.41) is 5.27. The van der Waals surface area contributed by atoms with Crippen molar-refractivity contribution in [1.82, 2.24) is 10.6 Å². The fourth-order valence-electron chi connectivity index (χ4n) is 1.03. The van der Waals surface area contributed by atoms with Gasteiger partial charge >= 0.3 is 51.4 Å². The molecule has 0 aromatic carbocycles. The van der Waals surface area contributed by atoms with Gasteiger partial charge in [-0.2, -0.15) is 6.26 Å². The van der Waals surface area contributed by atoms with E-state index in [9.17, 15) is 9.59 Å². The first kappa shape index (κ1) is 17.3. The van der Waals surface area contributed by atoms with Crippen molar-refractivity contribution in [3.8, 4) is 0 Å². The molecule has 0 radical (unpaired) electrons. The summed E-state index contributed by atoms with van der Waals surface area (Å²) >= 11 is 4.08. The minimum absolute atomic E-state index is 0. The zero-order valence-electron chi connectivity index (χ0n) is 8.92. The molecule has 0 spiro atoms. The van der Waals surface area contributed by atoms with E-state index in [4.69, 9.17) is 0 Å². The van der Waals surface area contributed by atoms with Crippen LogP contribution in [0.2, 0.25) is 0 Å². The third kappa shape index (κ3) is 6.42. The number of rotatable bonds is 2. The maximum absolute atomic E-state index is 10.9. The van der Waals surface area contributed by atoms with Crippen molar-refractivity contribution < 1.29 is 61.0 Å². The van der Waals surface area contributed by atoms with Crippen LogP contribution in [-0.4, -0.2) is 30.7 Å². The predicted octanol–water partition coefficient (Wildman–Crippen LogP) is -3.43. The summed E-state index contributed by atoms with van der Waals surface area (Å²) in [4.78, 5) is 21.7. The Kier molecular flexibility index (Phi) is 12.9. The molecule has 0 aliphatic carbocycles. The molecule has 1 unspecified atom stereocenters. The van der Waals surface area contributed by atoms with Gasteiger partial charge in [0.1, 0.15) is 6.04 Å². The second kappa shape index (κ2) is 10.4. The van der Waals surface area contributed by atoms with E-state index in [1.807, 2.05) is 0 Å². The summed E-state index contributed by atoms with van der Waals surface area (Å²) in [6.07, 6.45) is 2.73. The van der Waals surface area contributed by atoms with Gasteiger partial charge in [-0.25, -0.2) is 0 Å². The molecule has 0 saturated carbocycles. The first-order valence-electron chi connectivity index (χ1n) is 4.22. The van der Waals surface area contributed by atoms with Gasteiger partial charge in [-0.15, -0.1) is 0 Å². The van der Waals surface area contributed by atoms with E-state index in [-0.39, 0.29) is 69.2 Å². The molecule has 2 amide bonds. The van der Waals surface area contributed by atoms with Crippen LogP contribution in [0.4, 0.5) is 0 Å². The minimum atomic E-state index is -0.289. The van der Waals surface area contributed by atoms with Gasteiger partial charge < -0.3 is 23.3 Å². The molecule has 14 heavy (non-hydrogen) atoms. The molecule has 1 atom stereocenters. The van der Waals surface area contributed by atoms with Crippen LogP contribution in [0.1, 0.15) is 19.8 Å². The Hall–Kier alpha value is 0.926. The van der Waals surface area contributed by atoms with Gasteiger partial charge in [-0.1, -0.05) is 6.92 Å². The molecule has 6 heteroatoms. The Morgan fingerprint density at radius 3 is 2.57 bits per heavy atom. The summed E-state index contributed by atoms with van der Waals surface area (Å²) < 4.78 is 0. The van der Waals surface area contributed by atoms with Crippen LogP contribution in [0.5, 0.6) is 0 Å². The third-order valence-corrected chi connectivity index (χ3v) is 1.71. The average molecular weight is 242 g/mol. The van der Waals surface area contributed by atoms with Crippen LogP contribution in [-0.2, 0) is 22.2 Å². The standard InChI is InChI=1S/C7H12N2O2.CH4S.K/c1-2-6(10)9-5-3-4-8-7(5)11;1-2;/h5H,2-4H2,1H3,(H,8,11)(H,9,10);2H,1H3;/q;;+1/p-1. The Morgan fingerprint density at radius 2 is 2.21 bits per heavy atom. The van der Waals surface area contributed by atoms with Crippen molar-refractivity contribution in [2.75, 3.05) is 12.8 Å². The van der Waals surface area contributed by atoms with Crippen LogP contribution in [0.25, 0.3) is 0 Å². The molecular weight excluding hydrogens is 227 g/mol. The Labute approximate surface area is 133 Å². The molecule has 1 aliphatic heterocycles. The summed E-state index contributed by atoms with van der Waals surface area (Å²) in [5.41, 5.74) is 0. The van der Waals surface area contributed by atoms with Crippen molar-refractivity contribution in [3.63, 3.8) is 0 Å². The SMILES string of the molecule is CCC(=O)NC1CCNC1=O.C[S-].[K+]. The average Bonchev–Trinajstić information content (AvgIpc) is 2.55. The molecule has 1 fully saturated rings. The quantitative estimate of drug-likeness (QED) is 0.391. The van der Waals surface area contributed by atoms with Crippen LogP contribution < -0.4 is 62.0 Å². The Morgan fingerprint density at radius 1 is 1.64 bits per heavy atom. The van der Waals surface area contributed by atoms with Crippen molar-refractivity contribution in [2.24, 2.45) is 0 Å². The van der Waals surface area contributed by atoms with Crippen LogP contribution in [0.15, 0.2) is 0 Å². The molecule has 1 aliphatic rings. The maximum Gasteiger partial charge on any atom is 1.00 e. The van der Waals surface area contributed by atoms with Crippen molar-refractivity contribution in [3.05, 3.63) is 0 Å². The molecule has 1 rings (SSSR count). The number of carbonyl (C=O) groups excluding carboxylic acids is 2. The molecule has 0 aromatic rings. The number of hydrogen-bond donors (Lipinski definition) is 2. The maximum atomic E-state index is 10.9. The molecule has 0 aromatic heterocycles. The molecule has 1 saturated heterocycles. The second-order valence-corrected chi connectivity index (χ2v) is 2.55. The van der Waals surface area contributed by atoms with E-state index in [1.165, 1.54) is 0 Å². The topological polar surface area (TPSA) is 58.2 Å². The summed E-state index contributed by atoms with van der Waals surface area (Å²) in [6, 6.07) is -0.289. The van der Waals surface area contributed by atoms with E-state index < -0.39 is 0 Å². The van der Waals surface area contributed by atoms with E-state index in [0.717, 1.165) is 0 Å². The zero-order valence-corrected chi connectivity index (χ0v) is 12.9. The van der Waals surface area contributed by atoms with Crippen LogP contribution in [0, 0.1) is 0 Å². The van der Waals surface area contributed by atoms with Gasteiger partial charge in [0.15, 0.2) is 0 Å². The molecule has 1 heterocycles. The third-order valence-electron chi connectivity index (χ3n) is 1.71. The summed E-state index contributed by atoms with van der Waals surface area (Å²) in [7, 11) is 0. The number of nitrogens with one attached hydrogen (secondary N) is 2. The van der Waals surface area contributed by atoms with E-state index >= 15 is 0 Å². The van der Waals surface area contributed by atoms with Crippen molar-refractivity contribution in [2.45, 2.75) is 25.8 Å². The van der Waals surface area contributed by atoms with Gasteiger partial charge in [0.05, 0.1) is 0 Å². The first-order valence-corrected chi connectivity index (χ1v) is 5.03. The van der Waals surface area contributed by atoms with E-state index in [2.05, 4.69) is 23.3 Å². The van der Waals surface area contributed by atoms with Crippen LogP contribution in [0.3, 0.4) is 0 Å². The van der Waals surface area contributed by atoms with Gasteiger partial charge in [-0.05, 0) is 6.42 Å². The Balaban J connectivity index is 0. The van der Waals surface area contributed by atoms with Gasteiger partial charge in [-0.3, -0.25) is 9.59 Å². The van der Waals surface area contributed by atoms with E-state index in [1.54, 1.807) is 13.2 Å². The number of hydrogen-bond acceptors (Lipinski definition) is 3. The molecule has 0 bridgehead atoms. The summed E-state index contributed by atoms with van der Waals surface area (Å²) in [5.74, 6) is -0.126. The largest absolute Gasteiger partial charge is 1.00 e. The number of carbonyl (C=O) groups is 2. The zero-order chi connectivity index (χ0) is 10.3. The molecular formula is C8H15KN2O2S. The van der Waals surface area contributed by atoms with E-state index in [0.29, 0.717) is 19.4 Å². The fourth-order valence-corrected chi connectivity index (χ4v) is 1.03. The van der Waals surface area contributed by atoms with Gasteiger partial charge in [0.2, 0.25) is 11.8 Å². The smallest absolute Gasteiger partial charge is 0.796 e. The number of amides is 2. The molecule has 76 valence electrons. The molecule has 4 nitrogen and oxygen atoms in total. The van der Waals surface area contributed by atoms with Gasteiger partial charge in [0, 0.05) is 13.0 Å². The molecule has 2 N–H and O–H groups in total. The monoisotopic (exact) mass is 242 g/mol. The fraction of sp³-hybridized carbons (Fsp3) is 0.750. The first-order chi connectivity index (χ1) is 6.24. The Bertz CT molecular complexity index is 190. The normalized spacial score (nSPS) is 18.5. The summed E-state index contributed by atoms with van der Waals surface area (Å²) in [6.45, 7) is 2.44. The minimum Gasteiger partial charge on any atom is -0.796 e. The van der Waals surface area contributed by atoms with Gasteiger partial charge in [0.25, 0.3) is 0 Å². The second-order valence-electron chi connectivity index (χ2n) is 2.55. The van der Waals surface area contributed by atoms with Crippen molar-refractivity contribution in [1.29, 1.82) is 0 Å². The van der Waals surface area contributed by atoms with Crippen LogP contribution >= 0.6 is 0 Å². The van der Waals surface area contributed by atoms with Crippen molar-refractivity contribution >= 4 is 24.4 Å².